The van der Waals surface area contributed by atoms with Gasteiger partial charge in [-0.15, -0.1) is 0 Å². The fraction of sp³-hybridized carbons (Fsp3) is 0.286. The van der Waals surface area contributed by atoms with E-state index in [-0.39, 0.29) is 27.1 Å². The summed E-state index contributed by atoms with van der Waals surface area (Å²) in [7, 11) is 0.699. The second kappa shape index (κ2) is 15.7. The number of benzene rings is 8. The van der Waals surface area contributed by atoms with Gasteiger partial charge in [0.05, 0.1) is 11.0 Å². The van der Waals surface area contributed by atoms with E-state index >= 15 is 0 Å². The van der Waals surface area contributed by atoms with Gasteiger partial charge >= 0.3 is 0 Å². The summed E-state index contributed by atoms with van der Waals surface area (Å²) in [5.41, 5.74) is 24.0. The molecule has 0 saturated carbocycles. The van der Waals surface area contributed by atoms with Crippen LogP contribution in [0.3, 0.4) is 0 Å². The van der Waals surface area contributed by atoms with Gasteiger partial charge in [0.1, 0.15) is 22.5 Å². The molecule has 0 saturated heterocycles. The molecule has 5 heteroatoms. The Kier molecular flexibility index (Phi) is 9.67. The van der Waals surface area contributed by atoms with Crippen molar-refractivity contribution in [2.75, 3.05) is 5.32 Å². The summed E-state index contributed by atoms with van der Waals surface area (Å²) in [5, 5.41) is 10.1. The predicted molar refractivity (Wildman–Crippen MR) is 320 cm³/mol. The molecule has 372 valence electrons. The van der Waals surface area contributed by atoms with Crippen LogP contribution in [0.1, 0.15) is 130 Å². The van der Waals surface area contributed by atoms with E-state index in [9.17, 15) is 0 Å². The first-order valence-corrected chi connectivity index (χ1v) is 27.5. The standard InChI is InChI=1S/C70H67BN2O2/c1-66(2,3)42-26-28-43(29-27-42)72-53-37-50-48(67(4,5)30-32-69(50,8)9)34-45(53)61-62-63-59(60-44-24-18-19-25-56(44)74-65(60)61)46-35-49-51(70(10,11)33-31-68(49,6)7)38-54(46)73(63)55-36-47-57(39-52(55)71-62)75-64(41-22-16-13-17-23-41)58(47)40-20-14-12-15-21-40/h12-29,34-39,71-72H,30-33H2,1-11H3. The number of anilines is 2. The molecule has 8 aromatic carbocycles. The molecule has 0 radical (unpaired) electrons. The molecule has 0 atom stereocenters. The topological polar surface area (TPSA) is 43.2 Å². The van der Waals surface area contributed by atoms with E-state index in [2.05, 4.69) is 232 Å². The lowest BCUT2D eigenvalue weighted by atomic mass is 9.58. The lowest BCUT2D eigenvalue weighted by Crippen LogP contribution is -2.38. The van der Waals surface area contributed by atoms with Crippen molar-refractivity contribution in [3.05, 3.63) is 173 Å². The number of furan rings is 2. The van der Waals surface area contributed by atoms with Crippen molar-refractivity contribution in [3.8, 4) is 39.3 Å². The van der Waals surface area contributed by atoms with Gasteiger partial charge in [-0.2, -0.15) is 0 Å². The molecule has 3 aliphatic rings. The Morgan fingerprint density at radius 1 is 0.520 bits per heavy atom. The number of rotatable bonds is 5. The maximum Gasteiger partial charge on any atom is 0.198 e. The third-order valence-electron chi connectivity index (χ3n) is 18.5. The van der Waals surface area contributed by atoms with Crippen LogP contribution in [0.2, 0.25) is 0 Å². The highest BCUT2D eigenvalue weighted by molar-refractivity contribution is 6.74. The van der Waals surface area contributed by atoms with Gasteiger partial charge in [0, 0.05) is 66.2 Å². The van der Waals surface area contributed by atoms with Crippen LogP contribution in [0, 0.1) is 0 Å². The molecule has 0 unspecified atom stereocenters. The van der Waals surface area contributed by atoms with E-state index in [1.807, 2.05) is 0 Å². The highest BCUT2D eigenvalue weighted by atomic mass is 16.3. The van der Waals surface area contributed by atoms with E-state index < -0.39 is 0 Å². The van der Waals surface area contributed by atoms with Crippen LogP contribution in [0.15, 0.2) is 154 Å². The molecule has 4 nitrogen and oxygen atoms in total. The minimum atomic E-state index is -0.0290. The Balaban J connectivity index is 1.16. The Bertz CT molecular complexity index is 4190. The van der Waals surface area contributed by atoms with Crippen molar-refractivity contribution < 1.29 is 8.83 Å². The average Bonchev–Trinajstić information content (AvgIpc) is 4.11. The molecule has 0 bridgehead atoms. The van der Waals surface area contributed by atoms with Crippen LogP contribution in [0.5, 0.6) is 0 Å². The molecular formula is C70H67BN2O2. The van der Waals surface area contributed by atoms with E-state index in [1.165, 1.54) is 82.7 Å². The van der Waals surface area contributed by atoms with Gasteiger partial charge in [-0.3, -0.25) is 0 Å². The highest BCUT2D eigenvalue weighted by Crippen LogP contribution is 2.54. The number of hydrogen-bond acceptors (Lipinski definition) is 3. The van der Waals surface area contributed by atoms with Crippen LogP contribution >= 0.6 is 0 Å². The van der Waals surface area contributed by atoms with E-state index in [1.54, 1.807) is 0 Å². The Hall–Kier alpha value is -7.24. The van der Waals surface area contributed by atoms with Crippen LogP contribution < -0.4 is 16.2 Å². The first-order chi connectivity index (χ1) is 35.8. The van der Waals surface area contributed by atoms with Crippen molar-refractivity contribution in [2.45, 2.75) is 129 Å². The first kappa shape index (κ1) is 46.3. The lowest BCUT2D eigenvalue weighted by molar-refractivity contribution is 0.332. The van der Waals surface area contributed by atoms with Crippen LogP contribution in [0.4, 0.5) is 11.4 Å². The third kappa shape index (κ3) is 6.88. The molecule has 4 heterocycles. The van der Waals surface area contributed by atoms with Crippen molar-refractivity contribution >= 4 is 84.3 Å². The molecule has 1 aliphatic heterocycles. The molecule has 75 heavy (non-hydrogen) atoms. The summed E-state index contributed by atoms with van der Waals surface area (Å²) >= 11 is 0. The van der Waals surface area contributed by atoms with Gasteiger partial charge in [0.2, 0.25) is 0 Å². The number of nitrogens with zero attached hydrogens (tertiary/aromatic N) is 1. The van der Waals surface area contributed by atoms with Gasteiger partial charge < -0.3 is 18.7 Å². The molecule has 3 aromatic heterocycles. The first-order valence-electron chi connectivity index (χ1n) is 27.5. The zero-order valence-electron chi connectivity index (χ0n) is 45.7. The van der Waals surface area contributed by atoms with Gasteiger partial charge in [0.15, 0.2) is 7.28 Å². The summed E-state index contributed by atoms with van der Waals surface area (Å²) in [4.78, 5) is 0. The quantitative estimate of drug-likeness (QED) is 0.175. The second-order valence-corrected chi connectivity index (χ2v) is 26.3. The Morgan fingerprint density at radius 2 is 1.11 bits per heavy atom. The molecule has 11 aromatic rings. The van der Waals surface area contributed by atoms with E-state index in [0.29, 0.717) is 7.28 Å². The molecule has 1 N–H and O–H groups in total. The predicted octanol–water partition coefficient (Wildman–Crippen LogP) is 17.9. The van der Waals surface area contributed by atoms with Gasteiger partial charge in [-0.25, -0.2) is 0 Å². The summed E-state index contributed by atoms with van der Waals surface area (Å²) in [6, 6.07) is 54.5. The highest BCUT2D eigenvalue weighted by Gasteiger charge is 2.42. The summed E-state index contributed by atoms with van der Waals surface area (Å²) in [5.74, 6) is 0.896. The number of para-hydroxylation sites is 1. The van der Waals surface area contributed by atoms with Crippen molar-refractivity contribution in [1.82, 2.24) is 4.57 Å². The van der Waals surface area contributed by atoms with Crippen molar-refractivity contribution in [2.24, 2.45) is 0 Å². The van der Waals surface area contributed by atoms with Gasteiger partial charge in [-0.05, 0) is 146 Å². The van der Waals surface area contributed by atoms with Crippen molar-refractivity contribution in [3.63, 3.8) is 0 Å². The molecule has 0 fully saturated rings. The SMILES string of the molecule is CC(C)(C)c1ccc(Nc2cc3c(cc2-c2c4c5c(c6cc7c(cc6n5-c5cc6c(-c8ccccc8)c(-c8ccccc8)oc6cc5B4)C(C)(C)CCC7(C)C)c4c2oc2ccccc24)C(C)(C)CCC3(C)C)cc1. The lowest BCUT2D eigenvalue weighted by Gasteiger charge is -2.42. The van der Waals surface area contributed by atoms with E-state index in [0.717, 1.165) is 87.0 Å². The summed E-state index contributed by atoms with van der Waals surface area (Å²) in [6.45, 7) is 26.5. The smallest absolute Gasteiger partial charge is 0.198 e. The molecule has 14 rings (SSSR count). The van der Waals surface area contributed by atoms with Crippen LogP contribution in [0.25, 0.3) is 94.0 Å². The molecule has 0 spiro atoms. The maximum absolute atomic E-state index is 7.47. The van der Waals surface area contributed by atoms with Gasteiger partial charge in [-0.1, -0.05) is 173 Å². The zero-order valence-corrected chi connectivity index (χ0v) is 45.7. The summed E-state index contributed by atoms with van der Waals surface area (Å²) < 4.78 is 17.3. The van der Waals surface area contributed by atoms with Crippen LogP contribution in [-0.4, -0.2) is 11.8 Å². The fourth-order valence-corrected chi connectivity index (χ4v) is 13.8. The van der Waals surface area contributed by atoms with Gasteiger partial charge in [0.25, 0.3) is 0 Å². The summed E-state index contributed by atoms with van der Waals surface area (Å²) in [6.07, 6.45) is 4.53. The molecular weight excluding hydrogens is 912 g/mol. The largest absolute Gasteiger partial charge is 0.455 e. The van der Waals surface area contributed by atoms with Crippen LogP contribution in [-0.2, 0) is 27.1 Å². The number of fused-ring (bicyclic) bond motifs is 12. The second-order valence-electron chi connectivity index (χ2n) is 26.3. The fourth-order valence-electron chi connectivity index (χ4n) is 13.8. The average molecular weight is 979 g/mol. The van der Waals surface area contributed by atoms with E-state index in [4.69, 9.17) is 8.83 Å². The number of hydrogen-bond donors (Lipinski definition) is 1. The molecule has 2 aliphatic carbocycles. The number of nitrogens with one attached hydrogen (secondary N) is 1. The molecule has 0 amide bonds. The van der Waals surface area contributed by atoms with Crippen molar-refractivity contribution in [1.29, 1.82) is 0 Å². The zero-order chi connectivity index (χ0) is 51.7. The Morgan fingerprint density at radius 3 is 1.76 bits per heavy atom. The Labute approximate surface area is 442 Å². The minimum Gasteiger partial charge on any atom is -0.455 e. The third-order valence-corrected chi connectivity index (χ3v) is 18.5. The normalized spacial score (nSPS) is 17.1. The monoisotopic (exact) mass is 979 g/mol. The maximum atomic E-state index is 7.47. The number of aromatic nitrogens is 1. The minimum absolute atomic E-state index is 0.000457.